The summed E-state index contributed by atoms with van der Waals surface area (Å²) in [5.74, 6) is 3.41. The molecule has 0 aromatic carbocycles. The predicted octanol–water partition coefficient (Wildman–Crippen LogP) is 5.23. The fourth-order valence-corrected chi connectivity index (χ4v) is 0. The van der Waals surface area contributed by atoms with E-state index in [0.29, 0.717) is 0 Å². The van der Waals surface area contributed by atoms with E-state index in [1.54, 1.807) is 0 Å². The lowest BCUT2D eigenvalue weighted by Crippen LogP contribution is -1.95. The van der Waals surface area contributed by atoms with Gasteiger partial charge in [-0.25, -0.2) is 0 Å². The quantitative estimate of drug-likeness (QED) is 0.556. The van der Waals surface area contributed by atoms with Crippen LogP contribution in [0.5, 0.6) is 0 Å². The Labute approximate surface area is 87.1 Å². The first kappa shape index (κ1) is 18.7. The maximum absolute atomic E-state index is 2.24. The maximum Gasteiger partial charge on any atom is -0.0448 e. The first-order valence-electron chi connectivity index (χ1n) is 5.29. The molecule has 0 rings (SSSR count). The number of hydrogen-bond donors (Lipinski definition) is 0. The van der Waals surface area contributed by atoms with E-state index in [4.69, 9.17) is 0 Å². The molecule has 13 heavy (non-hydrogen) atoms. The third kappa shape index (κ3) is 18.8. The summed E-state index contributed by atoms with van der Waals surface area (Å²) in [6.07, 6.45) is 0. The summed E-state index contributed by atoms with van der Waals surface area (Å²) < 4.78 is 0. The van der Waals surface area contributed by atoms with Crippen molar-refractivity contribution in [1.82, 2.24) is 0 Å². The second-order valence-corrected chi connectivity index (χ2v) is 4.98. The molecule has 0 heteroatoms. The predicted molar refractivity (Wildman–Crippen MR) is 66.1 cm³/mol. The van der Waals surface area contributed by atoms with E-state index in [1.807, 2.05) is 0 Å². The van der Waals surface area contributed by atoms with Crippen molar-refractivity contribution in [2.75, 3.05) is 0 Å². The molecule has 0 aromatic heterocycles. The molecule has 0 N–H and O–H groups in total. The van der Waals surface area contributed by atoms with Gasteiger partial charge in [-0.15, -0.1) is 0 Å². The maximum atomic E-state index is 2.24. The highest BCUT2D eigenvalue weighted by Gasteiger charge is 1.96. The molecular weight excluding hydrogens is 156 g/mol. The van der Waals surface area contributed by atoms with Crippen molar-refractivity contribution in [2.24, 2.45) is 23.7 Å². The van der Waals surface area contributed by atoms with E-state index < -0.39 is 0 Å². The normalized spacial score (nSPS) is 10.2. The van der Waals surface area contributed by atoms with Gasteiger partial charge >= 0.3 is 0 Å². The fraction of sp³-hybridized carbons (Fsp3) is 1.00. The van der Waals surface area contributed by atoms with Gasteiger partial charge in [-0.3, -0.25) is 0 Å². The number of rotatable bonds is 2. The van der Waals surface area contributed by atoms with Crippen LogP contribution < -0.4 is 0 Å². The minimum atomic E-state index is 0. The molecule has 0 aliphatic rings. The fourth-order valence-electron chi connectivity index (χ4n) is 0. The smallest absolute Gasteiger partial charge is 0.0448 e. The van der Waals surface area contributed by atoms with Crippen LogP contribution >= 0.6 is 0 Å². The van der Waals surface area contributed by atoms with Crippen LogP contribution in [0.25, 0.3) is 0 Å². The Balaban J connectivity index is -0.000000143. The highest BCUT2D eigenvalue weighted by Crippen LogP contribution is 2.06. The van der Waals surface area contributed by atoms with Crippen LogP contribution in [0.4, 0.5) is 0 Å². The minimum Gasteiger partial charge on any atom is -0.0776 e. The van der Waals surface area contributed by atoms with Gasteiger partial charge in [0.2, 0.25) is 0 Å². The van der Waals surface area contributed by atoms with E-state index in [1.165, 1.54) is 0 Å². The molecule has 0 spiro atoms. The average molecular weight is 188 g/mol. The summed E-state index contributed by atoms with van der Waals surface area (Å²) in [6.45, 7) is 17.9. The minimum absolute atomic E-state index is 0. The lowest BCUT2D eigenvalue weighted by molar-refractivity contribution is 0.457. The average Bonchev–Trinajstić information content (AvgIpc) is 1.88. The van der Waals surface area contributed by atoms with Gasteiger partial charge in [0.15, 0.2) is 0 Å². The van der Waals surface area contributed by atoms with Gasteiger partial charge in [-0.2, -0.15) is 0 Å². The van der Waals surface area contributed by atoms with Gasteiger partial charge in [-0.1, -0.05) is 62.8 Å². The van der Waals surface area contributed by atoms with Crippen LogP contribution in [0.2, 0.25) is 0 Å². The van der Waals surface area contributed by atoms with Crippen molar-refractivity contribution in [1.29, 1.82) is 0 Å². The molecule has 0 aromatic rings. The molecule has 0 aliphatic heterocycles. The lowest BCUT2D eigenvalue weighted by atomic mass is 10.0. The van der Waals surface area contributed by atoms with Crippen LogP contribution in [0.15, 0.2) is 0 Å². The molecule has 84 valence electrons. The molecule has 0 amide bonds. The van der Waals surface area contributed by atoms with Crippen LogP contribution in [0, 0.1) is 23.7 Å². The SMILES string of the molecule is C.CC(C)C(C)C.CC(C)C(C)C. The summed E-state index contributed by atoms with van der Waals surface area (Å²) in [5.41, 5.74) is 0. The Morgan fingerprint density at radius 2 is 0.462 bits per heavy atom. The monoisotopic (exact) mass is 188 g/mol. The summed E-state index contributed by atoms with van der Waals surface area (Å²) in [5, 5.41) is 0. The molecule has 0 atom stereocenters. The van der Waals surface area contributed by atoms with Gasteiger partial charge in [0.25, 0.3) is 0 Å². The third-order valence-corrected chi connectivity index (χ3v) is 2.67. The van der Waals surface area contributed by atoms with Crippen molar-refractivity contribution in [2.45, 2.75) is 62.8 Å². The summed E-state index contributed by atoms with van der Waals surface area (Å²) >= 11 is 0. The highest BCUT2D eigenvalue weighted by atomic mass is 14.0. The molecular formula is C13H32. The Morgan fingerprint density at radius 3 is 0.462 bits per heavy atom. The van der Waals surface area contributed by atoms with Gasteiger partial charge in [-0.05, 0) is 23.7 Å². The van der Waals surface area contributed by atoms with Gasteiger partial charge in [0, 0.05) is 0 Å². The van der Waals surface area contributed by atoms with Gasteiger partial charge in [0.05, 0.1) is 0 Å². The first-order chi connectivity index (χ1) is 5.29. The van der Waals surface area contributed by atoms with E-state index >= 15 is 0 Å². The molecule has 0 radical (unpaired) electrons. The van der Waals surface area contributed by atoms with E-state index in [-0.39, 0.29) is 7.43 Å². The van der Waals surface area contributed by atoms with Crippen LogP contribution in [0.3, 0.4) is 0 Å². The molecule has 0 fully saturated rings. The summed E-state index contributed by atoms with van der Waals surface area (Å²) in [6, 6.07) is 0. The molecule has 0 aliphatic carbocycles. The standard InChI is InChI=1S/2C6H14.CH4/c2*1-5(2)6(3)4;/h2*5-6H,1-4H3;1H4. The lowest BCUT2D eigenvalue weighted by Gasteiger charge is -2.05. The second-order valence-electron chi connectivity index (χ2n) is 4.98. The Hall–Kier alpha value is 0. The third-order valence-electron chi connectivity index (χ3n) is 2.67. The Morgan fingerprint density at radius 1 is 0.385 bits per heavy atom. The molecule has 0 bridgehead atoms. The van der Waals surface area contributed by atoms with Crippen molar-refractivity contribution >= 4 is 0 Å². The topological polar surface area (TPSA) is 0 Å². The van der Waals surface area contributed by atoms with Gasteiger partial charge < -0.3 is 0 Å². The van der Waals surface area contributed by atoms with Gasteiger partial charge in [0.1, 0.15) is 0 Å². The van der Waals surface area contributed by atoms with Crippen LogP contribution in [-0.2, 0) is 0 Å². The molecule has 0 saturated carbocycles. The highest BCUT2D eigenvalue weighted by molar-refractivity contribution is 4.46. The van der Waals surface area contributed by atoms with Crippen LogP contribution in [-0.4, -0.2) is 0 Å². The van der Waals surface area contributed by atoms with Crippen LogP contribution in [0.1, 0.15) is 62.8 Å². The first-order valence-corrected chi connectivity index (χ1v) is 5.29. The van der Waals surface area contributed by atoms with E-state index in [0.717, 1.165) is 23.7 Å². The number of hydrogen-bond acceptors (Lipinski definition) is 0. The Kier molecular flexibility index (Phi) is 14.5. The van der Waals surface area contributed by atoms with Crippen molar-refractivity contribution in [3.63, 3.8) is 0 Å². The Bertz CT molecular complexity index is 54.0. The zero-order valence-corrected chi connectivity index (χ0v) is 10.3. The molecule has 0 heterocycles. The zero-order chi connectivity index (χ0) is 10.3. The van der Waals surface area contributed by atoms with E-state index in [2.05, 4.69) is 55.4 Å². The largest absolute Gasteiger partial charge is 0.0776 e. The second kappa shape index (κ2) is 10.1. The molecule has 0 unspecified atom stereocenters. The van der Waals surface area contributed by atoms with Crippen molar-refractivity contribution < 1.29 is 0 Å². The van der Waals surface area contributed by atoms with E-state index in [9.17, 15) is 0 Å². The summed E-state index contributed by atoms with van der Waals surface area (Å²) in [7, 11) is 0. The zero-order valence-electron chi connectivity index (χ0n) is 10.3. The molecule has 0 saturated heterocycles. The molecule has 0 nitrogen and oxygen atoms in total. The van der Waals surface area contributed by atoms with Crippen molar-refractivity contribution in [3.05, 3.63) is 0 Å². The van der Waals surface area contributed by atoms with Crippen molar-refractivity contribution in [3.8, 4) is 0 Å². The summed E-state index contributed by atoms with van der Waals surface area (Å²) in [4.78, 5) is 0.